The molecule has 1 unspecified atom stereocenters. The van der Waals surface area contributed by atoms with Gasteiger partial charge in [-0.05, 0) is 31.9 Å². The van der Waals surface area contributed by atoms with Crippen molar-refractivity contribution < 1.29 is 14.7 Å². The van der Waals surface area contributed by atoms with Crippen LogP contribution in [-0.4, -0.2) is 47.7 Å². The second-order valence-corrected chi connectivity index (χ2v) is 7.45. The molecule has 0 saturated heterocycles. The minimum absolute atomic E-state index is 0.117. The molecule has 0 bridgehead atoms. The maximum atomic E-state index is 13.5. The van der Waals surface area contributed by atoms with E-state index in [1.165, 1.54) is 4.90 Å². The van der Waals surface area contributed by atoms with E-state index in [4.69, 9.17) is 4.98 Å². The van der Waals surface area contributed by atoms with Crippen LogP contribution in [0.3, 0.4) is 0 Å². The van der Waals surface area contributed by atoms with E-state index in [-0.39, 0.29) is 19.0 Å². The Labute approximate surface area is 160 Å². The summed E-state index contributed by atoms with van der Waals surface area (Å²) in [5.41, 5.74) is 2.17. The molecule has 3 heterocycles. The number of carboxylic acid groups (broad SMARTS) is 1. The van der Waals surface area contributed by atoms with Crippen LogP contribution in [-0.2, 0) is 17.9 Å². The molecule has 0 spiro atoms. The number of aryl methyl sites for hydroxylation is 1. The number of amides is 1. The molecule has 1 saturated carbocycles. The molecule has 3 aromatic rings. The van der Waals surface area contributed by atoms with Gasteiger partial charge in [-0.2, -0.15) is 0 Å². The SMILES string of the molecule is Cc1nnc2n1CC(C(=O)O)N(C(=O)c1cc(C3CC3)nc3ccccc13)C2. The first kappa shape index (κ1) is 16.9. The molecule has 1 N–H and O–H groups in total. The van der Waals surface area contributed by atoms with Crippen molar-refractivity contribution in [2.45, 2.75) is 44.8 Å². The molecule has 2 aliphatic rings. The Hall–Kier alpha value is -3.29. The summed E-state index contributed by atoms with van der Waals surface area (Å²) in [5, 5.41) is 18.6. The minimum Gasteiger partial charge on any atom is -0.480 e. The molecule has 2 aromatic heterocycles. The Kier molecular flexibility index (Phi) is 3.68. The smallest absolute Gasteiger partial charge is 0.328 e. The molecule has 1 fully saturated rings. The molecule has 0 radical (unpaired) electrons. The van der Waals surface area contributed by atoms with Gasteiger partial charge in [0.2, 0.25) is 0 Å². The van der Waals surface area contributed by atoms with Gasteiger partial charge in [-0.25, -0.2) is 4.79 Å². The van der Waals surface area contributed by atoms with Crippen molar-refractivity contribution in [1.29, 1.82) is 0 Å². The van der Waals surface area contributed by atoms with Gasteiger partial charge < -0.3 is 14.6 Å². The summed E-state index contributed by atoms with van der Waals surface area (Å²) in [6.07, 6.45) is 2.14. The average Bonchev–Trinajstić information content (AvgIpc) is 3.49. The van der Waals surface area contributed by atoms with Gasteiger partial charge >= 0.3 is 5.97 Å². The van der Waals surface area contributed by atoms with E-state index in [2.05, 4.69) is 10.2 Å². The number of carbonyl (C=O) groups is 2. The van der Waals surface area contributed by atoms with Crippen molar-refractivity contribution in [3.63, 3.8) is 0 Å². The summed E-state index contributed by atoms with van der Waals surface area (Å²) in [5.74, 6) is 0.300. The van der Waals surface area contributed by atoms with Crippen molar-refractivity contribution in [3.8, 4) is 0 Å². The minimum atomic E-state index is -1.03. The van der Waals surface area contributed by atoms with Crippen LogP contribution < -0.4 is 0 Å². The van der Waals surface area contributed by atoms with Gasteiger partial charge in [0.25, 0.3) is 5.91 Å². The average molecular weight is 377 g/mol. The Bertz CT molecular complexity index is 1120. The number of hydrogen-bond donors (Lipinski definition) is 1. The van der Waals surface area contributed by atoms with Crippen LogP contribution in [0.4, 0.5) is 0 Å². The predicted molar refractivity (Wildman–Crippen MR) is 99.8 cm³/mol. The molecule has 8 heteroatoms. The highest BCUT2D eigenvalue weighted by Crippen LogP contribution is 2.40. The van der Waals surface area contributed by atoms with Gasteiger partial charge in [0.1, 0.15) is 11.9 Å². The second kappa shape index (κ2) is 6.12. The number of pyridine rings is 1. The molecule has 5 rings (SSSR count). The fourth-order valence-corrected chi connectivity index (χ4v) is 3.85. The molecule has 1 aliphatic heterocycles. The van der Waals surface area contributed by atoms with Gasteiger partial charge in [0, 0.05) is 17.0 Å². The Morgan fingerprint density at radius 3 is 2.71 bits per heavy atom. The van der Waals surface area contributed by atoms with Gasteiger partial charge in [0.15, 0.2) is 5.82 Å². The summed E-state index contributed by atoms with van der Waals surface area (Å²) >= 11 is 0. The third-order valence-electron chi connectivity index (χ3n) is 5.56. The highest BCUT2D eigenvalue weighted by atomic mass is 16.4. The summed E-state index contributed by atoms with van der Waals surface area (Å²) in [4.78, 5) is 31.5. The van der Waals surface area contributed by atoms with Crippen LogP contribution >= 0.6 is 0 Å². The lowest BCUT2D eigenvalue weighted by atomic mass is 10.0. The van der Waals surface area contributed by atoms with E-state index in [0.717, 1.165) is 29.4 Å². The maximum absolute atomic E-state index is 13.5. The highest BCUT2D eigenvalue weighted by Gasteiger charge is 2.38. The standard InChI is InChI=1S/C20H19N5O3/c1-11-22-23-18-10-25(17(20(27)28)9-24(11)18)19(26)14-8-16(12-6-7-12)21-15-5-3-2-4-13(14)15/h2-5,8,12,17H,6-7,9-10H2,1H3,(H,27,28). The van der Waals surface area contributed by atoms with Crippen molar-refractivity contribution in [2.24, 2.45) is 0 Å². The molecule has 1 atom stereocenters. The van der Waals surface area contributed by atoms with Crippen molar-refractivity contribution in [2.75, 3.05) is 0 Å². The number of nitrogens with zero attached hydrogens (tertiary/aromatic N) is 5. The van der Waals surface area contributed by atoms with Crippen LogP contribution in [0.1, 0.15) is 46.5 Å². The number of aliphatic carboxylic acids is 1. The molecule has 1 aliphatic carbocycles. The van der Waals surface area contributed by atoms with Crippen LogP contribution in [0.25, 0.3) is 10.9 Å². The molecular weight excluding hydrogens is 358 g/mol. The third kappa shape index (κ3) is 2.64. The van der Waals surface area contributed by atoms with Crippen LogP contribution in [0.5, 0.6) is 0 Å². The quantitative estimate of drug-likeness (QED) is 0.750. The summed E-state index contributed by atoms with van der Waals surface area (Å²) in [6, 6.07) is 8.38. The normalized spacial score (nSPS) is 18.9. The van der Waals surface area contributed by atoms with E-state index >= 15 is 0 Å². The lowest BCUT2D eigenvalue weighted by Crippen LogP contribution is -2.50. The fraction of sp³-hybridized carbons (Fsp3) is 0.350. The first-order chi connectivity index (χ1) is 13.5. The number of para-hydroxylation sites is 1. The number of benzene rings is 1. The number of hydrogen-bond acceptors (Lipinski definition) is 5. The Morgan fingerprint density at radius 1 is 1.18 bits per heavy atom. The second-order valence-electron chi connectivity index (χ2n) is 7.45. The largest absolute Gasteiger partial charge is 0.480 e. The molecule has 8 nitrogen and oxygen atoms in total. The fourth-order valence-electron chi connectivity index (χ4n) is 3.85. The van der Waals surface area contributed by atoms with E-state index in [9.17, 15) is 14.7 Å². The summed E-state index contributed by atoms with van der Waals surface area (Å²) < 4.78 is 1.77. The zero-order valence-corrected chi connectivity index (χ0v) is 15.4. The third-order valence-corrected chi connectivity index (χ3v) is 5.56. The number of aromatic nitrogens is 4. The lowest BCUT2D eigenvalue weighted by molar-refractivity contribution is -0.143. The van der Waals surface area contributed by atoms with E-state index in [0.29, 0.717) is 23.1 Å². The predicted octanol–water partition coefficient (Wildman–Crippen LogP) is 2.12. The molecule has 1 aromatic carbocycles. The summed E-state index contributed by atoms with van der Waals surface area (Å²) in [7, 11) is 0. The van der Waals surface area contributed by atoms with Crippen molar-refractivity contribution in [3.05, 3.63) is 53.2 Å². The van der Waals surface area contributed by atoms with Crippen LogP contribution in [0.2, 0.25) is 0 Å². The Balaban J connectivity index is 1.61. The van der Waals surface area contributed by atoms with Gasteiger partial charge in [-0.1, -0.05) is 18.2 Å². The van der Waals surface area contributed by atoms with Gasteiger partial charge in [-0.15, -0.1) is 10.2 Å². The first-order valence-corrected chi connectivity index (χ1v) is 9.35. The zero-order valence-electron chi connectivity index (χ0n) is 15.4. The van der Waals surface area contributed by atoms with E-state index in [1.54, 1.807) is 11.5 Å². The molecular formula is C20H19N5O3. The number of rotatable bonds is 3. The summed E-state index contributed by atoms with van der Waals surface area (Å²) in [6.45, 7) is 2.05. The van der Waals surface area contributed by atoms with Gasteiger partial charge in [0.05, 0.1) is 24.2 Å². The monoisotopic (exact) mass is 377 g/mol. The molecule has 28 heavy (non-hydrogen) atoms. The number of fused-ring (bicyclic) bond motifs is 2. The topological polar surface area (TPSA) is 101 Å². The van der Waals surface area contributed by atoms with E-state index in [1.807, 2.05) is 30.3 Å². The van der Waals surface area contributed by atoms with Crippen molar-refractivity contribution >= 4 is 22.8 Å². The van der Waals surface area contributed by atoms with Crippen molar-refractivity contribution in [1.82, 2.24) is 24.6 Å². The maximum Gasteiger partial charge on any atom is 0.328 e. The molecule has 142 valence electrons. The molecule has 1 amide bonds. The van der Waals surface area contributed by atoms with E-state index < -0.39 is 12.0 Å². The number of carbonyl (C=O) groups excluding carboxylic acids is 1. The lowest BCUT2D eigenvalue weighted by Gasteiger charge is -2.33. The number of carboxylic acids is 1. The Morgan fingerprint density at radius 2 is 1.96 bits per heavy atom. The van der Waals surface area contributed by atoms with Crippen LogP contribution in [0, 0.1) is 6.92 Å². The highest BCUT2D eigenvalue weighted by molar-refractivity contribution is 6.07. The zero-order chi connectivity index (χ0) is 19.4. The van der Waals surface area contributed by atoms with Gasteiger partial charge in [-0.3, -0.25) is 9.78 Å². The van der Waals surface area contributed by atoms with Crippen LogP contribution in [0.15, 0.2) is 30.3 Å². The first-order valence-electron chi connectivity index (χ1n) is 9.35.